The molecule has 0 N–H and O–H groups in total. The number of aryl methyl sites for hydroxylation is 1. The van der Waals surface area contributed by atoms with Gasteiger partial charge in [0.25, 0.3) is 5.56 Å². The molecule has 0 radical (unpaired) electrons. The first kappa shape index (κ1) is 13.7. The Balaban J connectivity index is 1.93. The third-order valence-corrected chi connectivity index (χ3v) is 5.07. The van der Waals surface area contributed by atoms with E-state index in [0.29, 0.717) is 22.5 Å². The van der Waals surface area contributed by atoms with E-state index in [1.54, 1.807) is 34.1 Å². The first-order chi connectivity index (χ1) is 10.6. The summed E-state index contributed by atoms with van der Waals surface area (Å²) in [5.41, 5.74) is 1.79. The molecule has 0 unspecified atom stereocenters. The van der Waals surface area contributed by atoms with Crippen LogP contribution in [0, 0.1) is 6.92 Å². The summed E-state index contributed by atoms with van der Waals surface area (Å²) < 4.78 is 1.77. The molecule has 110 valence electrons. The summed E-state index contributed by atoms with van der Waals surface area (Å²) in [5, 5.41) is 1.23. The van der Waals surface area contributed by atoms with Gasteiger partial charge in [0, 0.05) is 21.3 Å². The van der Waals surface area contributed by atoms with Gasteiger partial charge in [0.05, 0.1) is 10.9 Å². The fourth-order valence-corrected chi connectivity index (χ4v) is 3.84. The largest absolute Gasteiger partial charge is 0.292 e. The number of hydrogen-bond acceptors (Lipinski definition) is 3. The number of allylic oxidation sites excluding steroid dienone is 1. The Morgan fingerprint density at radius 1 is 1.32 bits per heavy atom. The molecule has 0 spiro atoms. The van der Waals surface area contributed by atoms with Crippen LogP contribution in [0.15, 0.2) is 35.1 Å². The van der Waals surface area contributed by atoms with Crippen LogP contribution in [-0.4, -0.2) is 9.55 Å². The van der Waals surface area contributed by atoms with Crippen LogP contribution in [-0.2, 0) is 6.54 Å². The fraction of sp³-hybridized carbons (Fsp3) is 0.176. The van der Waals surface area contributed by atoms with Gasteiger partial charge in [-0.15, -0.1) is 11.3 Å². The summed E-state index contributed by atoms with van der Waals surface area (Å²) in [6.45, 7) is 2.78. The van der Waals surface area contributed by atoms with Crippen LogP contribution >= 0.6 is 22.9 Å². The molecule has 3 nitrogen and oxygen atoms in total. The molecule has 0 saturated carbocycles. The molecule has 1 aliphatic rings. The van der Waals surface area contributed by atoms with Crippen LogP contribution in [0.5, 0.6) is 0 Å². The molecule has 0 aliphatic carbocycles. The number of nitrogens with zero attached hydrogens (tertiary/aromatic N) is 2. The van der Waals surface area contributed by atoms with Crippen LogP contribution in [0.1, 0.15) is 22.0 Å². The van der Waals surface area contributed by atoms with Crippen molar-refractivity contribution in [1.82, 2.24) is 9.55 Å². The Kier molecular flexibility index (Phi) is 3.17. The molecule has 4 rings (SSSR count). The van der Waals surface area contributed by atoms with Crippen LogP contribution < -0.4 is 5.56 Å². The van der Waals surface area contributed by atoms with Crippen molar-refractivity contribution in [3.05, 3.63) is 61.3 Å². The number of rotatable bonds is 1. The highest BCUT2D eigenvalue weighted by molar-refractivity contribution is 7.12. The minimum atomic E-state index is 0.0161. The first-order valence-electron chi connectivity index (χ1n) is 7.09. The quantitative estimate of drug-likeness (QED) is 0.665. The Labute approximate surface area is 136 Å². The van der Waals surface area contributed by atoms with Gasteiger partial charge in [0.1, 0.15) is 5.82 Å². The van der Waals surface area contributed by atoms with Crippen LogP contribution in [0.2, 0.25) is 5.02 Å². The highest BCUT2D eigenvalue weighted by Gasteiger charge is 2.21. The zero-order chi connectivity index (χ0) is 15.3. The van der Waals surface area contributed by atoms with Crippen LogP contribution in [0.4, 0.5) is 0 Å². The highest BCUT2D eigenvalue weighted by atomic mass is 35.5. The predicted molar refractivity (Wildman–Crippen MR) is 92.6 cm³/mol. The normalized spacial score (nSPS) is 15.6. The zero-order valence-corrected chi connectivity index (χ0v) is 13.5. The molecule has 1 aromatic carbocycles. The summed E-state index contributed by atoms with van der Waals surface area (Å²) in [4.78, 5) is 19.7. The van der Waals surface area contributed by atoms with Gasteiger partial charge < -0.3 is 0 Å². The van der Waals surface area contributed by atoms with E-state index in [2.05, 4.69) is 30.1 Å². The van der Waals surface area contributed by atoms with Crippen molar-refractivity contribution in [3.8, 4) is 0 Å². The molecule has 0 bridgehead atoms. The fourth-order valence-electron chi connectivity index (χ4n) is 2.83. The standard InChI is InChI=1S/C17H13ClN2OS/c1-10-2-4-13(22-10)8-11-6-7-20-16(11)19-15-9-12(18)3-5-14(15)17(20)21/h2-5,8-9H,6-7H2,1H3/b11-8+. The number of hydrogen-bond donors (Lipinski definition) is 0. The van der Waals surface area contributed by atoms with Gasteiger partial charge in [-0.2, -0.15) is 0 Å². The van der Waals surface area contributed by atoms with Crippen molar-refractivity contribution in [2.45, 2.75) is 19.9 Å². The van der Waals surface area contributed by atoms with Crippen molar-refractivity contribution in [2.24, 2.45) is 0 Å². The van der Waals surface area contributed by atoms with Gasteiger partial charge in [0.15, 0.2) is 0 Å². The van der Waals surface area contributed by atoms with E-state index < -0.39 is 0 Å². The van der Waals surface area contributed by atoms with Crippen molar-refractivity contribution in [1.29, 1.82) is 0 Å². The molecule has 0 atom stereocenters. The Morgan fingerprint density at radius 3 is 2.95 bits per heavy atom. The van der Waals surface area contributed by atoms with Gasteiger partial charge in [0.2, 0.25) is 0 Å². The van der Waals surface area contributed by atoms with Crippen molar-refractivity contribution in [3.63, 3.8) is 0 Å². The summed E-state index contributed by atoms with van der Waals surface area (Å²) >= 11 is 7.78. The molecule has 22 heavy (non-hydrogen) atoms. The third kappa shape index (κ3) is 2.19. The Bertz CT molecular complexity index is 984. The lowest BCUT2D eigenvalue weighted by molar-refractivity contribution is 0.725. The van der Waals surface area contributed by atoms with Gasteiger partial charge in [-0.25, -0.2) is 4.98 Å². The molecule has 0 saturated heterocycles. The summed E-state index contributed by atoms with van der Waals surface area (Å²) in [6, 6.07) is 9.45. The lowest BCUT2D eigenvalue weighted by atomic mass is 10.2. The van der Waals surface area contributed by atoms with Gasteiger partial charge in [-0.05, 0) is 55.3 Å². The molecular formula is C17H13ClN2OS. The maximum Gasteiger partial charge on any atom is 0.261 e. The number of benzene rings is 1. The number of thiophene rings is 1. The van der Waals surface area contributed by atoms with E-state index in [1.165, 1.54) is 9.75 Å². The molecule has 1 aliphatic heterocycles. The summed E-state index contributed by atoms with van der Waals surface area (Å²) in [6.07, 6.45) is 2.97. The Morgan fingerprint density at radius 2 is 2.18 bits per heavy atom. The molecule has 5 heteroatoms. The molecule has 3 aromatic rings. The summed E-state index contributed by atoms with van der Waals surface area (Å²) in [5.74, 6) is 0.769. The van der Waals surface area contributed by atoms with Gasteiger partial charge in [-0.1, -0.05) is 11.6 Å². The lowest BCUT2D eigenvalue weighted by Gasteiger charge is -2.05. The Hall–Kier alpha value is -1.91. The lowest BCUT2D eigenvalue weighted by Crippen LogP contribution is -2.20. The minimum Gasteiger partial charge on any atom is -0.292 e. The smallest absolute Gasteiger partial charge is 0.261 e. The molecule has 3 heterocycles. The minimum absolute atomic E-state index is 0.0161. The predicted octanol–water partition coefficient (Wildman–Crippen LogP) is 4.36. The molecule has 0 amide bonds. The van der Waals surface area contributed by atoms with E-state index >= 15 is 0 Å². The summed E-state index contributed by atoms with van der Waals surface area (Å²) in [7, 11) is 0. The second-order valence-electron chi connectivity index (χ2n) is 5.42. The molecule has 0 fully saturated rings. The second kappa shape index (κ2) is 5.07. The van der Waals surface area contributed by atoms with Crippen LogP contribution in [0.25, 0.3) is 22.6 Å². The van der Waals surface area contributed by atoms with E-state index in [-0.39, 0.29) is 5.56 Å². The number of halogens is 1. The monoisotopic (exact) mass is 328 g/mol. The molecule has 2 aromatic heterocycles. The van der Waals surface area contributed by atoms with Crippen molar-refractivity contribution in [2.75, 3.05) is 0 Å². The average Bonchev–Trinajstić information content (AvgIpc) is 3.07. The topological polar surface area (TPSA) is 34.9 Å². The van der Waals surface area contributed by atoms with E-state index in [4.69, 9.17) is 11.6 Å². The van der Waals surface area contributed by atoms with E-state index in [9.17, 15) is 4.79 Å². The number of aromatic nitrogens is 2. The highest BCUT2D eigenvalue weighted by Crippen LogP contribution is 2.29. The average molecular weight is 329 g/mol. The maximum absolute atomic E-state index is 12.6. The number of fused-ring (bicyclic) bond motifs is 2. The van der Waals surface area contributed by atoms with Gasteiger partial charge >= 0.3 is 0 Å². The van der Waals surface area contributed by atoms with E-state index in [0.717, 1.165) is 17.8 Å². The maximum atomic E-state index is 12.6. The van der Waals surface area contributed by atoms with Gasteiger partial charge in [-0.3, -0.25) is 9.36 Å². The first-order valence-corrected chi connectivity index (χ1v) is 8.29. The molecular weight excluding hydrogens is 316 g/mol. The third-order valence-electron chi connectivity index (χ3n) is 3.89. The van der Waals surface area contributed by atoms with Crippen LogP contribution in [0.3, 0.4) is 0 Å². The van der Waals surface area contributed by atoms with Crippen molar-refractivity contribution < 1.29 is 0 Å². The SMILES string of the molecule is Cc1ccc(/C=C2\CCn3c2nc2cc(Cl)ccc2c3=O)s1. The van der Waals surface area contributed by atoms with E-state index in [1.807, 2.05) is 0 Å². The van der Waals surface area contributed by atoms with Crippen molar-refractivity contribution >= 4 is 45.5 Å². The zero-order valence-electron chi connectivity index (χ0n) is 12.0. The second-order valence-corrected chi connectivity index (χ2v) is 7.18.